The number of carbonyl (C=O) groups is 1. The largest absolute Gasteiger partial charge is 0.357 e. The van der Waals surface area contributed by atoms with Crippen molar-refractivity contribution in [1.29, 1.82) is 0 Å². The van der Waals surface area contributed by atoms with Crippen LogP contribution in [0.5, 0.6) is 0 Å². The van der Waals surface area contributed by atoms with E-state index >= 15 is 0 Å². The third-order valence-corrected chi connectivity index (χ3v) is 7.18. The maximum absolute atomic E-state index is 12.7. The molecule has 3 heterocycles. The van der Waals surface area contributed by atoms with Gasteiger partial charge in [-0.25, -0.2) is 4.98 Å². The van der Waals surface area contributed by atoms with Gasteiger partial charge in [0, 0.05) is 58.4 Å². The molecule has 7 nitrogen and oxygen atoms in total. The second-order valence-electron chi connectivity index (χ2n) is 9.27. The molecule has 0 atom stereocenters. The van der Waals surface area contributed by atoms with Crippen molar-refractivity contribution >= 4 is 17.7 Å². The van der Waals surface area contributed by atoms with Crippen LogP contribution in [0.15, 0.2) is 29.4 Å². The lowest BCUT2D eigenvalue weighted by Crippen LogP contribution is -2.49. The molecule has 4 rings (SSSR count). The van der Waals surface area contributed by atoms with Crippen molar-refractivity contribution in [1.82, 2.24) is 20.1 Å². The Hall–Kier alpha value is -2.31. The van der Waals surface area contributed by atoms with E-state index in [2.05, 4.69) is 27.0 Å². The molecule has 1 saturated carbocycles. The van der Waals surface area contributed by atoms with Gasteiger partial charge in [-0.15, -0.1) is 0 Å². The number of hydrogen-bond acceptors (Lipinski definition) is 4. The minimum absolute atomic E-state index is 0.213. The molecule has 1 aliphatic carbocycles. The van der Waals surface area contributed by atoms with Gasteiger partial charge in [0.2, 0.25) is 5.91 Å². The molecule has 3 aliphatic rings. The van der Waals surface area contributed by atoms with Crippen LogP contribution in [-0.2, 0) is 4.79 Å². The SMILES string of the molecule is CCNC(=NCCC(=O)N1CCN(c2ccccn2)CC1)N1CCC2(CCCCC2)C1. The smallest absolute Gasteiger partial charge is 0.224 e. The minimum atomic E-state index is 0.213. The van der Waals surface area contributed by atoms with Crippen LogP contribution in [0.4, 0.5) is 5.82 Å². The highest BCUT2D eigenvalue weighted by atomic mass is 16.2. The van der Waals surface area contributed by atoms with Gasteiger partial charge in [0.1, 0.15) is 5.82 Å². The Kier molecular flexibility index (Phi) is 7.30. The molecule has 1 aromatic heterocycles. The van der Waals surface area contributed by atoms with E-state index in [4.69, 9.17) is 4.99 Å². The second-order valence-corrected chi connectivity index (χ2v) is 9.27. The number of piperazine rings is 1. The normalized spacial score (nSPS) is 21.6. The van der Waals surface area contributed by atoms with Crippen LogP contribution in [0.3, 0.4) is 0 Å². The Bertz CT molecular complexity index is 738. The van der Waals surface area contributed by atoms with Gasteiger partial charge in [-0.3, -0.25) is 9.79 Å². The number of likely N-dealkylation sites (tertiary alicyclic amines) is 1. The van der Waals surface area contributed by atoms with E-state index in [0.29, 0.717) is 18.4 Å². The molecule has 1 spiro atoms. The monoisotopic (exact) mass is 426 g/mol. The summed E-state index contributed by atoms with van der Waals surface area (Å²) in [6, 6.07) is 5.98. The molecule has 0 radical (unpaired) electrons. The molecule has 1 aromatic rings. The summed E-state index contributed by atoms with van der Waals surface area (Å²) in [5.41, 5.74) is 0.511. The maximum atomic E-state index is 12.7. The van der Waals surface area contributed by atoms with Crippen molar-refractivity contribution in [2.24, 2.45) is 10.4 Å². The first-order valence-electron chi connectivity index (χ1n) is 12.2. The van der Waals surface area contributed by atoms with Crippen molar-refractivity contribution in [3.8, 4) is 0 Å². The number of nitrogens with one attached hydrogen (secondary N) is 1. The number of aromatic nitrogens is 1. The lowest BCUT2D eigenvalue weighted by Gasteiger charge is -2.35. The van der Waals surface area contributed by atoms with Crippen molar-refractivity contribution < 1.29 is 4.79 Å². The average Bonchev–Trinajstić information content (AvgIpc) is 3.22. The van der Waals surface area contributed by atoms with Crippen molar-refractivity contribution in [3.05, 3.63) is 24.4 Å². The van der Waals surface area contributed by atoms with Gasteiger partial charge >= 0.3 is 0 Å². The molecule has 1 N–H and O–H groups in total. The van der Waals surface area contributed by atoms with E-state index in [1.165, 1.54) is 38.5 Å². The lowest BCUT2D eigenvalue weighted by atomic mass is 9.73. The maximum Gasteiger partial charge on any atom is 0.224 e. The van der Waals surface area contributed by atoms with E-state index in [1.807, 2.05) is 29.3 Å². The van der Waals surface area contributed by atoms with Crippen molar-refractivity contribution in [2.75, 3.05) is 57.3 Å². The Labute approximate surface area is 186 Å². The van der Waals surface area contributed by atoms with Crippen LogP contribution >= 0.6 is 0 Å². The average molecular weight is 427 g/mol. The zero-order valence-corrected chi connectivity index (χ0v) is 19.1. The highest BCUT2D eigenvalue weighted by Gasteiger charge is 2.39. The number of carbonyl (C=O) groups excluding carboxylic acids is 1. The second kappa shape index (κ2) is 10.3. The topological polar surface area (TPSA) is 64.1 Å². The summed E-state index contributed by atoms with van der Waals surface area (Å²) in [7, 11) is 0. The summed E-state index contributed by atoms with van der Waals surface area (Å²) in [6.45, 7) is 8.96. The van der Waals surface area contributed by atoms with Gasteiger partial charge in [-0.05, 0) is 43.7 Å². The summed E-state index contributed by atoms with van der Waals surface area (Å²) in [5.74, 6) is 2.21. The van der Waals surface area contributed by atoms with Gasteiger partial charge < -0.3 is 20.0 Å². The third kappa shape index (κ3) is 5.49. The minimum Gasteiger partial charge on any atom is -0.357 e. The molecule has 170 valence electrons. The van der Waals surface area contributed by atoms with Crippen molar-refractivity contribution in [3.63, 3.8) is 0 Å². The van der Waals surface area contributed by atoms with Gasteiger partial charge in [-0.2, -0.15) is 0 Å². The third-order valence-electron chi connectivity index (χ3n) is 7.18. The van der Waals surface area contributed by atoms with Crippen LogP contribution in [0.1, 0.15) is 51.9 Å². The number of hydrogen-bond donors (Lipinski definition) is 1. The number of nitrogens with zero attached hydrogens (tertiary/aromatic N) is 5. The number of aliphatic imine (C=N–C) groups is 1. The molecule has 0 unspecified atom stereocenters. The first kappa shape index (κ1) is 21.9. The number of guanidine groups is 1. The number of rotatable bonds is 5. The molecule has 7 heteroatoms. The predicted octanol–water partition coefficient (Wildman–Crippen LogP) is 2.74. The standard InChI is InChI=1S/C24H38N6O/c1-2-25-23(30-15-12-24(20-30)10-5-3-6-11-24)27-14-9-22(31)29-18-16-28(17-19-29)21-8-4-7-13-26-21/h4,7-8,13H,2-3,5-6,9-12,14-20H2,1H3,(H,25,27). The van der Waals surface area contributed by atoms with Crippen LogP contribution in [-0.4, -0.2) is 79.0 Å². The van der Waals surface area contributed by atoms with Gasteiger partial charge in [0.15, 0.2) is 5.96 Å². The number of pyridine rings is 1. The van der Waals surface area contributed by atoms with Gasteiger partial charge in [0.05, 0.1) is 6.54 Å². The van der Waals surface area contributed by atoms with E-state index in [-0.39, 0.29) is 5.91 Å². The first-order valence-corrected chi connectivity index (χ1v) is 12.2. The number of anilines is 1. The Morgan fingerprint density at radius 3 is 2.58 bits per heavy atom. The van der Waals surface area contributed by atoms with E-state index in [0.717, 1.165) is 57.6 Å². The summed E-state index contributed by atoms with van der Waals surface area (Å²) in [5, 5.41) is 3.46. The van der Waals surface area contributed by atoms with Gasteiger partial charge in [-0.1, -0.05) is 25.3 Å². The highest BCUT2D eigenvalue weighted by Crippen LogP contribution is 2.43. The van der Waals surface area contributed by atoms with Crippen molar-refractivity contribution in [2.45, 2.75) is 51.9 Å². The molecule has 3 fully saturated rings. The molecule has 0 bridgehead atoms. The summed E-state index contributed by atoms with van der Waals surface area (Å²) in [4.78, 5) is 28.7. The Morgan fingerprint density at radius 1 is 1.06 bits per heavy atom. The van der Waals surface area contributed by atoms with Crippen LogP contribution in [0.25, 0.3) is 0 Å². The molecule has 1 amide bonds. The molecule has 2 aliphatic heterocycles. The highest BCUT2D eigenvalue weighted by molar-refractivity contribution is 5.81. The molecule has 2 saturated heterocycles. The number of amides is 1. The fourth-order valence-electron chi connectivity index (χ4n) is 5.39. The fourth-order valence-corrected chi connectivity index (χ4v) is 5.39. The molecule has 31 heavy (non-hydrogen) atoms. The first-order chi connectivity index (χ1) is 15.2. The quantitative estimate of drug-likeness (QED) is 0.579. The van der Waals surface area contributed by atoms with E-state index < -0.39 is 0 Å². The summed E-state index contributed by atoms with van der Waals surface area (Å²) < 4.78 is 0. The zero-order chi connectivity index (χ0) is 21.5. The van der Waals surface area contributed by atoms with Gasteiger partial charge in [0.25, 0.3) is 0 Å². The van der Waals surface area contributed by atoms with Crippen LogP contribution in [0, 0.1) is 5.41 Å². The van der Waals surface area contributed by atoms with E-state index in [9.17, 15) is 4.79 Å². The van der Waals surface area contributed by atoms with E-state index in [1.54, 1.807) is 0 Å². The molecular formula is C24H38N6O. The lowest BCUT2D eigenvalue weighted by molar-refractivity contribution is -0.131. The summed E-state index contributed by atoms with van der Waals surface area (Å²) >= 11 is 0. The van der Waals surface area contributed by atoms with Crippen LogP contribution < -0.4 is 10.2 Å². The van der Waals surface area contributed by atoms with Crippen LogP contribution in [0.2, 0.25) is 0 Å². The Morgan fingerprint density at radius 2 is 1.87 bits per heavy atom. The fraction of sp³-hybridized carbons (Fsp3) is 0.708. The molecular weight excluding hydrogens is 388 g/mol. The molecule has 0 aromatic carbocycles. The Balaban J connectivity index is 1.25. The zero-order valence-electron chi connectivity index (χ0n) is 19.1. The summed E-state index contributed by atoms with van der Waals surface area (Å²) in [6.07, 6.45) is 10.5. The predicted molar refractivity (Wildman–Crippen MR) is 125 cm³/mol.